The minimum Gasteiger partial charge on any atom is -0.497 e. The van der Waals surface area contributed by atoms with Crippen LogP contribution in [0.4, 0.5) is 0 Å². The molecule has 1 aliphatic rings. The molecular weight excluding hydrogens is 390 g/mol. The Morgan fingerprint density at radius 1 is 1.31 bits per heavy atom. The zero-order valence-electron chi connectivity index (χ0n) is 17.3. The molecule has 1 fully saturated rings. The Hall–Kier alpha value is -2.61. The zero-order valence-corrected chi connectivity index (χ0v) is 18.1. The van der Waals surface area contributed by atoms with Gasteiger partial charge in [0, 0.05) is 30.9 Å². The van der Waals surface area contributed by atoms with E-state index in [2.05, 4.69) is 5.10 Å². The van der Waals surface area contributed by atoms with Crippen molar-refractivity contribution in [1.29, 1.82) is 0 Å². The van der Waals surface area contributed by atoms with Crippen LogP contribution in [0.25, 0.3) is 6.08 Å². The molecular formula is C21H27N3O4S. The Morgan fingerprint density at radius 2 is 2.00 bits per heavy atom. The standard InChI is InChI=1S/C21H27N3O4S/c1-15-20(16(2)24(22-15)18-11-12-29(26,27)14-18)13-23(3)21(25)10-7-17-5-8-19(28-4)9-6-17/h5-10,18H,11-14H2,1-4H3/b10-7+/t18-/m1/s1. The third-order valence-electron chi connectivity index (χ3n) is 5.33. The summed E-state index contributed by atoms with van der Waals surface area (Å²) in [5, 5.41) is 4.56. The number of methoxy groups -OCH3 is 1. The smallest absolute Gasteiger partial charge is 0.246 e. The Labute approximate surface area is 171 Å². The van der Waals surface area contributed by atoms with Gasteiger partial charge in [0.15, 0.2) is 9.84 Å². The number of benzene rings is 1. The van der Waals surface area contributed by atoms with Crippen LogP contribution in [0.15, 0.2) is 30.3 Å². The van der Waals surface area contributed by atoms with Crippen LogP contribution in [0.3, 0.4) is 0 Å². The van der Waals surface area contributed by atoms with Gasteiger partial charge in [-0.1, -0.05) is 12.1 Å². The maximum absolute atomic E-state index is 12.5. The summed E-state index contributed by atoms with van der Waals surface area (Å²) in [5.41, 5.74) is 3.62. The average molecular weight is 418 g/mol. The van der Waals surface area contributed by atoms with Gasteiger partial charge < -0.3 is 9.64 Å². The van der Waals surface area contributed by atoms with Crippen LogP contribution < -0.4 is 4.74 Å². The van der Waals surface area contributed by atoms with Gasteiger partial charge in [-0.05, 0) is 44.0 Å². The van der Waals surface area contributed by atoms with E-state index in [1.54, 1.807) is 31.2 Å². The molecule has 0 aliphatic carbocycles. The minimum atomic E-state index is -2.98. The van der Waals surface area contributed by atoms with Crippen molar-refractivity contribution in [3.05, 3.63) is 52.9 Å². The molecule has 3 rings (SSSR count). The fraction of sp³-hybridized carbons (Fsp3) is 0.429. The predicted molar refractivity (Wildman–Crippen MR) is 113 cm³/mol. The van der Waals surface area contributed by atoms with Crippen LogP contribution in [-0.4, -0.2) is 54.7 Å². The topological polar surface area (TPSA) is 81.5 Å². The normalized spacial score (nSPS) is 18.3. The van der Waals surface area contributed by atoms with E-state index in [0.717, 1.165) is 28.3 Å². The second kappa shape index (κ2) is 8.41. The van der Waals surface area contributed by atoms with Gasteiger partial charge in [-0.3, -0.25) is 9.48 Å². The van der Waals surface area contributed by atoms with E-state index in [4.69, 9.17) is 4.74 Å². The number of likely N-dealkylation sites (N-methyl/N-ethyl adjacent to an activating group) is 1. The maximum Gasteiger partial charge on any atom is 0.246 e. The molecule has 8 heteroatoms. The number of carbonyl (C=O) groups excluding carboxylic acids is 1. The second-order valence-electron chi connectivity index (χ2n) is 7.45. The molecule has 1 saturated heterocycles. The molecule has 1 aromatic carbocycles. The van der Waals surface area contributed by atoms with Gasteiger partial charge in [0.2, 0.25) is 5.91 Å². The molecule has 0 saturated carbocycles. The first-order valence-corrected chi connectivity index (χ1v) is 11.3. The summed E-state index contributed by atoms with van der Waals surface area (Å²) in [4.78, 5) is 14.2. The molecule has 0 bridgehead atoms. The molecule has 0 radical (unpaired) electrons. The molecule has 0 unspecified atom stereocenters. The highest BCUT2D eigenvalue weighted by atomic mass is 32.2. The lowest BCUT2D eigenvalue weighted by atomic mass is 10.1. The molecule has 2 heterocycles. The molecule has 7 nitrogen and oxygen atoms in total. The van der Waals surface area contributed by atoms with Crippen molar-refractivity contribution in [2.75, 3.05) is 25.7 Å². The van der Waals surface area contributed by atoms with Gasteiger partial charge in [-0.2, -0.15) is 5.10 Å². The zero-order chi connectivity index (χ0) is 21.2. The molecule has 0 N–H and O–H groups in total. The van der Waals surface area contributed by atoms with E-state index in [-0.39, 0.29) is 23.5 Å². The second-order valence-corrected chi connectivity index (χ2v) is 9.68. The van der Waals surface area contributed by atoms with E-state index in [9.17, 15) is 13.2 Å². The molecule has 1 aromatic heterocycles. The number of amides is 1. The molecule has 1 amide bonds. The van der Waals surface area contributed by atoms with Crippen LogP contribution in [0.5, 0.6) is 5.75 Å². The van der Waals surface area contributed by atoms with Gasteiger partial charge in [0.25, 0.3) is 0 Å². The Bertz CT molecular complexity index is 1020. The van der Waals surface area contributed by atoms with Gasteiger partial charge in [0.05, 0.1) is 30.4 Å². The monoisotopic (exact) mass is 417 g/mol. The molecule has 1 aliphatic heterocycles. The molecule has 0 spiro atoms. The summed E-state index contributed by atoms with van der Waals surface area (Å²) in [6, 6.07) is 7.34. The molecule has 29 heavy (non-hydrogen) atoms. The number of hydrogen-bond donors (Lipinski definition) is 0. The maximum atomic E-state index is 12.5. The first kappa shape index (κ1) is 21.1. The number of sulfone groups is 1. The number of aromatic nitrogens is 2. The number of aryl methyl sites for hydroxylation is 1. The van der Waals surface area contributed by atoms with Crippen molar-refractivity contribution < 1.29 is 17.9 Å². The third-order valence-corrected chi connectivity index (χ3v) is 7.09. The highest BCUT2D eigenvalue weighted by Crippen LogP contribution is 2.27. The largest absolute Gasteiger partial charge is 0.497 e. The minimum absolute atomic E-state index is 0.115. The highest BCUT2D eigenvalue weighted by Gasteiger charge is 2.31. The lowest BCUT2D eigenvalue weighted by Crippen LogP contribution is -2.24. The highest BCUT2D eigenvalue weighted by molar-refractivity contribution is 7.91. The van der Waals surface area contributed by atoms with Crippen molar-refractivity contribution in [2.45, 2.75) is 32.9 Å². The van der Waals surface area contributed by atoms with Gasteiger partial charge >= 0.3 is 0 Å². The Kier molecular flexibility index (Phi) is 6.12. The average Bonchev–Trinajstić information content (AvgIpc) is 3.19. The number of nitrogens with zero attached hydrogens (tertiary/aromatic N) is 3. The SMILES string of the molecule is COc1ccc(/C=C/C(=O)N(C)Cc2c(C)nn([C@@H]3CCS(=O)(=O)C3)c2C)cc1. The summed E-state index contributed by atoms with van der Waals surface area (Å²) in [7, 11) is 0.378. The van der Waals surface area contributed by atoms with E-state index in [1.807, 2.05) is 42.8 Å². The predicted octanol–water partition coefficient (Wildman–Crippen LogP) is 2.54. The van der Waals surface area contributed by atoms with Crippen LogP contribution in [-0.2, 0) is 21.2 Å². The quantitative estimate of drug-likeness (QED) is 0.675. The first-order valence-electron chi connectivity index (χ1n) is 9.52. The van der Waals surface area contributed by atoms with Gasteiger partial charge in [-0.25, -0.2) is 8.42 Å². The summed E-state index contributed by atoms with van der Waals surface area (Å²) < 4.78 is 30.6. The fourth-order valence-corrected chi connectivity index (χ4v) is 5.27. The molecule has 2 aromatic rings. The van der Waals surface area contributed by atoms with Gasteiger partial charge in [-0.15, -0.1) is 0 Å². The Morgan fingerprint density at radius 3 is 2.59 bits per heavy atom. The summed E-state index contributed by atoms with van der Waals surface area (Å²) >= 11 is 0. The van der Waals surface area contributed by atoms with Crippen molar-refractivity contribution in [2.24, 2.45) is 0 Å². The Balaban J connectivity index is 1.69. The van der Waals surface area contributed by atoms with E-state index in [1.165, 1.54) is 0 Å². The van der Waals surface area contributed by atoms with E-state index >= 15 is 0 Å². The van der Waals surface area contributed by atoms with E-state index in [0.29, 0.717) is 13.0 Å². The van der Waals surface area contributed by atoms with Crippen molar-refractivity contribution in [3.8, 4) is 5.75 Å². The summed E-state index contributed by atoms with van der Waals surface area (Å²) in [6.45, 7) is 4.25. The van der Waals surface area contributed by atoms with Crippen LogP contribution in [0, 0.1) is 13.8 Å². The van der Waals surface area contributed by atoms with Crippen molar-refractivity contribution in [1.82, 2.24) is 14.7 Å². The summed E-state index contributed by atoms with van der Waals surface area (Å²) in [6.07, 6.45) is 3.90. The lowest BCUT2D eigenvalue weighted by Gasteiger charge is -2.16. The fourth-order valence-electron chi connectivity index (χ4n) is 3.57. The van der Waals surface area contributed by atoms with Crippen LogP contribution >= 0.6 is 0 Å². The number of hydrogen-bond acceptors (Lipinski definition) is 5. The van der Waals surface area contributed by atoms with Crippen LogP contribution in [0.2, 0.25) is 0 Å². The van der Waals surface area contributed by atoms with E-state index < -0.39 is 9.84 Å². The van der Waals surface area contributed by atoms with Crippen molar-refractivity contribution in [3.63, 3.8) is 0 Å². The van der Waals surface area contributed by atoms with Crippen molar-refractivity contribution >= 4 is 21.8 Å². The number of carbonyl (C=O) groups is 1. The lowest BCUT2D eigenvalue weighted by molar-refractivity contribution is -0.125. The first-order chi connectivity index (χ1) is 13.7. The number of rotatable bonds is 6. The van der Waals surface area contributed by atoms with Gasteiger partial charge in [0.1, 0.15) is 5.75 Å². The third kappa shape index (κ3) is 4.87. The number of ether oxygens (including phenoxy) is 1. The molecule has 156 valence electrons. The summed E-state index contributed by atoms with van der Waals surface area (Å²) in [5.74, 6) is 0.993. The van der Waals surface area contributed by atoms with Crippen LogP contribution in [0.1, 0.15) is 35.0 Å². The molecule has 1 atom stereocenters.